The predicted molar refractivity (Wildman–Crippen MR) is 88.5 cm³/mol. The lowest BCUT2D eigenvalue weighted by molar-refractivity contribution is 0.0472. The molecule has 23 heavy (non-hydrogen) atoms. The van der Waals surface area contributed by atoms with E-state index in [-0.39, 0.29) is 6.61 Å². The summed E-state index contributed by atoms with van der Waals surface area (Å²) in [6.45, 7) is 2.07. The van der Waals surface area contributed by atoms with E-state index in [1.165, 1.54) is 6.20 Å². The number of nitrogens with zero attached hydrogens (tertiary/aromatic N) is 3. The molecule has 0 radical (unpaired) electrons. The predicted octanol–water partition coefficient (Wildman–Crippen LogP) is 2.69. The van der Waals surface area contributed by atoms with E-state index in [1.54, 1.807) is 6.07 Å². The first kappa shape index (κ1) is 15.0. The van der Waals surface area contributed by atoms with Gasteiger partial charge in [0.2, 0.25) is 0 Å². The van der Waals surface area contributed by atoms with Gasteiger partial charge in [-0.3, -0.25) is 0 Å². The van der Waals surface area contributed by atoms with E-state index in [9.17, 15) is 4.79 Å². The third-order valence-electron chi connectivity index (χ3n) is 3.49. The van der Waals surface area contributed by atoms with Crippen molar-refractivity contribution in [1.82, 2.24) is 15.0 Å². The number of aromatic amines is 1. The van der Waals surface area contributed by atoms with Crippen LogP contribution in [-0.2, 0) is 11.3 Å². The Morgan fingerprint density at radius 1 is 1.30 bits per heavy atom. The number of fused-ring (bicyclic) bond motifs is 1. The van der Waals surface area contributed by atoms with Gasteiger partial charge in [0.05, 0.1) is 11.1 Å². The van der Waals surface area contributed by atoms with Gasteiger partial charge in [0.25, 0.3) is 0 Å². The van der Waals surface area contributed by atoms with Gasteiger partial charge in [-0.2, -0.15) is 0 Å². The van der Waals surface area contributed by atoms with Crippen molar-refractivity contribution in [2.45, 2.75) is 13.5 Å². The van der Waals surface area contributed by atoms with Crippen LogP contribution >= 0.6 is 0 Å². The van der Waals surface area contributed by atoms with Gasteiger partial charge in [-0.1, -0.05) is 12.1 Å². The van der Waals surface area contributed by atoms with Gasteiger partial charge in [-0.05, 0) is 30.7 Å². The van der Waals surface area contributed by atoms with Crippen molar-refractivity contribution in [3.63, 3.8) is 0 Å². The third kappa shape index (κ3) is 3.31. The zero-order valence-electron chi connectivity index (χ0n) is 13.3. The molecule has 1 N–H and O–H groups in total. The molecule has 3 aromatic rings. The molecule has 2 heterocycles. The molecule has 118 valence electrons. The van der Waals surface area contributed by atoms with Crippen LogP contribution in [0.4, 0.5) is 5.69 Å². The first-order valence-electron chi connectivity index (χ1n) is 7.28. The van der Waals surface area contributed by atoms with Crippen molar-refractivity contribution in [2.75, 3.05) is 19.0 Å². The Balaban J connectivity index is 1.71. The first-order chi connectivity index (χ1) is 11.0. The third-order valence-corrected chi connectivity index (χ3v) is 3.49. The molecule has 0 saturated heterocycles. The number of carbonyl (C=O) groups excluding carboxylic acids is 1. The standard InChI is InChI=1S/C17H18N4O2/c1-11-19-15-8-13(9-18-16(15)20-11)17(22)23-10-12-5-4-6-14(7-12)21(2)3/h4-9H,10H2,1-3H3,(H,18,19,20). The van der Waals surface area contributed by atoms with Gasteiger partial charge in [-0.25, -0.2) is 14.8 Å². The molecule has 2 aromatic heterocycles. The highest BCUT2D eigenvalue weighted by atomic mass is 16.5. The molecule has 0 fully saturated rings. The van der Waals surface area contributed by atoms with Crippen LogP contribution in [0.2, 0.25) is 0 Å². The molecule has 0 amide bonds. The number of imidazole rings is 1. The molecule has 0 aliphatic heterocycles. The molecule has 0 atom stereocenters. The lowest BCUT2D eigenvalue weighted by Gasteiger charge is -2.13. The Kier molecular flexibility index (Phi) is 3.97. The van der Waals surface area contributed by atoms with Gasteiger partial charge in [0.1, 0.15) is 12.4 Å². The number of esters is 1. The van der Waals surface area contributed by atoms with Crippen LogP contribution in [0.3, 0.4) is 0 Å². The lowest BCUT2D eigenvalue weighted by atomic mass is 10.2. The van der Waals surface area contributed by atoms with Crippen LogP contribution in [0.1, 0.15) is 21.7 Å². The molecule has 0 saturated carbocycles. The van der Waals surface area contributed by atoms with Gasteiger partial charge >= 0.3 is 5.97 Å². The molecule has 0 aliphatic rings. The monoisotopic (exact) mass is 310 g/mol. The second-order valence-electron chi connectivity index (χ2n) is 5.56. The number of aryl methyl sites for hydroxylation is 1. The quantitative estimate of drug-likeness (QED) is 0.750. The number of ether oxygens (including phenoxy) is 1. The van der Waals surface area contributed by atoms with E-state index < -0.39 is 5.97 Å². The maximum atomic E-state index is 12.2. The summed E-state index contributed by atoms with van der Waals surface area (Å²) in [5.74, 6) is 0.362. The van der Waals surface area contributed by atoms with Crippen molar-refractivity contribution in [1.29, 1.82) is 0 Å². The van der Waals surface area contributed by atoms with E-state index in [4.69, 9.17) is 4.74 Å². The number of hydrogen-bond acceptors (Lipinski definition) is 5. The van der Waals surface area contributed by atoms with E-state index in [2.05, 4.69) is 15.0 Å². The van der Waals surface area contributed by atoms with Crippen molar-refractivity contribution in [3.05, 3.63) is 53.5 Å². The Labute approximate surface area is 134 Å². The number of hydrogen-bond donors (Lipinski definition) is 1. The second-order valence-corrected chi connectivity index (χ2v) is 5.56. The van der Waals surface area contributed by atoms with E-state index in [1.807, 2.05) is 50.2 Å². The summed E-state index contributed by atoms with van der Waals surface area (Å²) >= 11 is 0. The summed E-state index contributed by atoms with van der Waals surface area (Å²) in [7, 11) is 3.94. The zero-order valence-corrected chi connectivity index (χ0v) is 13.3. The van der Waals surface area contributed by atoms with Crippen molar-refractivity contribution >= 4 is 22.8 Å². The average molecular weight is 310 g/mol. The fraction of sp³-hybridized carbons (Fsp3) is 0.235. The topological polar surface area (TPSA) is 71.1 Å². The summed E-state index contributed by atoms with van der Waals surface area (Å²) < 4.78 is 5.37. The smallest absolute Gasteiger partial charge is 0.340 e. The van der Waals surface area contributed by atoms with Crippen LogP contribution in [-0.4, -0.2) is 35.0 Å². The SMILES string of the molecule is Cc1nc2ncc(C(=O)OCc3cccc(N(C)C)c3)cc2[nH]1. The Morgan fingerprint density at radius 3 is 2.91 bits per heavy atom. The first-order valence-corrected chi connectivity index (χ1v) is 7.28. The number of anilines is 1. The maximum Gasteiger partial charge on any atom is 0.340 e. The molecule has 6 nitrogen and oxygen atoms in total. The Bertz CT molecular complexity index is 855. The van der Waals surface area contributed by atoms with Crippen LogP contribution in [0, 0.1) is 6.92 Å². The van der Waals surface area contributed by atoms with Gasteiger partial charge in [0, 0.05) is 26.0 Å². The molecular weight excluding hydrogens is 292 g/mol. The lowest BCUT2D eigenvalue weighted by Crippen LogP contribution is -2.09. The van der Waals surface area contributed by atoms with Crippen LogP contribution in [0.25, 0.3) is 11.2 Å². The Morgan fingerprint density at radius 2 is 2.13 bits per heavy atom. The zero-order chi connectivity index (χ0) is 16.4. The minimum Gasteiger partial charge on any atom is -0.457 e. The van der Waals surface area contributed by atoms with Crippen molar-refractivity contribution < 1.29 is 9.53 Å². The number of benzene rings is 1. The Hall–Kier alpha value is -2.89. The highest BCUT2D eigenvalue weighted by molar-refractivity contribution is 5.92. The fourth-order valence-corrected chi connectivity index (χ4v) is 2.29. The van der Waals surface area contributed by atoms with Gasteiger partial charge in [0.15, 0.2) is 5.65 Å². The normalized spacial score (nSPS) is 10.7. The van der Waals surface area contributed by atoms with E-state index in [0.717, 1.165) is 22.6 Å². The number of aromatic nitrogens is 3. The van der Waals surface area contributed by atoms with Crippen LogP contribution in [0.5, 0.6) is 0 Å². The molecule has 3 rings (SSSR count). The largest absolute Gasteiger partial charge is 0.457 e. The molecule has 1 aromatic carbocycles. The van der Waals surface area contributed by atoms with Crippen LogP contribution in [0.15, 0.2) is 36.5 Å². The summed E-state index contributed by atoms with van der Waals surface area (Å²) in [6, 6.07) is 9.58. The average Bonchev–Trinajstić information content (AvgIpc) is 2.91. The number of H-pyrrole nitrogens is 1. The molecule has 6 heteroatoms. The van der Waals surface area contributed by atoms with Crippen molar-refractivity contribution in [3.8, 4) is 0 Å². The number of rotatable bonds is 4. The molecular formula is C17H18N4O2. The number of carbonyl (C=O) groups is 1. The number of nitrogens with one attached hydrogen (secondary N) is 1. The second kappa shape index (κ2) is 6.08. The minimum absolute atomic E-state index is 0.223. The maximum absolute atomic E-state index is 12.2. The van der Waals surface area contributed by atoms with Crippen LogP contribution < -0.4 is 4.90 Å². The van der Waals surface area contributed by atoms with Gasteiger partial charge < -0.3 is 14.6 Å². The van der Waals surface area contributed by atoms with Crippen molar-refractivity contribution in [2.24, 2.45) is 0 Å². The number of pyridine rings is 1. The summed E-state index contributed by atoms with van der Waals surface area (Å²) in [4.78, 5) is 25.6. The van der Waals surface area contributed by atoms with E-state index in [0.29, 0.717) is 11.2 Å². The highest BCUT2D eigenvalue weighted by Gasteiger charge is 2.11. The highest BCUT2D eigenvalue weighted by Crippen LogP contribution is 2.16. The minimum atomic E-state index is -0.401. The molecule has 0 aliphatic carbocycles. The molecule has 0 unspecified atom stereocenters. The summed E-state index contributed by atoms with van der Waals surface area (Å²) in [6.07, 6.45) is 1.49. The molecule has 0 spiro atoms. The van der Waals surface area contributed by atoms with Gasteiger partial charge in [-0.15, -0.1) is 0 Å². The molecule has 0 bridgehead atoms. The van der Waals surface area contributed by atoms with E-state index >= 15 is 0 Å². The summed E-state index contributed by atoms with van der Waals surface area (Å²) in [5, 5.41) is 0. The fourth-order valence-electron chi connectivity index (χ4n) is 2.29. The summed E-state index contributed by atoms with van der Waals surface area (Å²) in [5.41, 5.74) is 3.74.